The lowest BCUT2D eigenvalue weighted by molar-refractivity contribution is 0.259. The summed E-state index contributed by atoms with van der Waals surface area (Å²) in [4.78, 5) is 0. The Morgan fingerprint density at radius 3 is 2.80 bits per heavy atom. The van der Waals surface area contributed by atoms with Gasteiger partial charge in [0.15, 0.2) is 0 Å². The van der Waals surface area contributed by atoms with Gasteiger partial charge >= 0.3 is 0 Å². The summed E-state index contributed by atoms with van der Waals surface area (Å²) in [5, 5.41) is 19.5. The molecule has 1 heterocycles. The van der Waals surface area contributed by atoms with Crippen molar-refractivity contribution in [2.24, 2.45) is 7.05 Å². The molecule has 0 unspecified atom stereocenters. The number of aromatic nitrogens is 3. The van der Waals surface area contributed by atoms with Crippen LogP contribution < -0.4 is 4.74 Å². The summed E-state index contributed by atoms with van der Waals surface area (Å²) in [6.07, 6.45) is 1.81. The van der Waals surface area contributed by atoms with Gasteiger partial charge in [0.25, 0.3) is 0 Å². The number of nitrogens with zero attached hydrogens (tertiary/aromatic N) is 3. The molecule has 0 aliphatic heterocycles. The van der Waals surface area contributed by atoms with Gasteiger partial charge in [0.1, 0.15) is 18.1 Å². The minimum Gasteiger partial charge on any atom is -0.487 e. The molecule has 0 aliphatic rings. The highest BCUT2D eigenvalue weighted by molar-refractivity contribution is 5.87. The average Bonchev–Trinajstić information content (AvgIpc) is 2.90. The van der Waals surface area contributed by atoms with Crippen LogP contribution in [0.2, 0.25) is 0 Å². The lowest BCUT2D eigenvalue weighted by Crippen LogP contribution is -2.00. The van der Waals surface area contributed by atoms with Crippen molar-refractivity contribution in [2.45, 2.75) is 13.2 Å². The standard InChI is InChI=1S/C15H15N3O2/c1-18-8-12(16-17-18)10-20-15-7-6-11-4-2-3-5-13(11)14(15)9-19/h2-8,19H,9-10H2,1H3. The second-order valence-electron chi connectivity index (χ2n) is 4.59. The van der Waals surface area contributed by atoms with E-state index in [0.29, 0.717) is 12.4 Å². The third-order valence-electron chi connectivity index (χ3n) is 3.18. The molecular weight excluding hydrogens is 254 g/mol. The zero-order valence-electron chi connectivity index (χ0n) is 11.2. The Hall–Kier alpha value is -2.40. The number of benzene rings is 2. The van der Waals surface area contributed by atoms with Crippen molar-refractivity contribution in [1.82, 2.24) is 15.0 Å². The Kier molecular flexibility index (Phi) is 3.35. The van der Waals surface area contributed by atoms with Crippen LogP contribution in [0.1, 0.15) is 11.3 Å². The number of ether oxygens (including phenoxy) is 1. The molecular formula is C15H15N3O2. The van der Waals surface area contributed by atoms with Gasteiger partial charge in [-0.05, 0) is 16.8 Å². The highest BCUT2D eigenvalue weighted by atomic mass is 16.5. The van der Waals surface area contributed by atoms with Crippen LogP contribution in [-0.4, -0.2) is 20.1 Å². The van der Waals surface area contributed by atoms with Crippen LogP contribution in [0.25, 0.3) is 10.8 Å². The number of aliphatic hydroxyl groups is 1. The minimum absolute atomic E-state index is 0.0584. The number of rotatable bonds is 4. The molecule has 5 nitrogen and oxygen atoms in total. The van der Waals surface area contributed by atoms with E-state index in [1.54, 1.807) is 10.9 Å². The lowest BCUT2D eigenvalue weighted by atomic mass is 10.0. The first-order valence-corrected chi connectivity index (χ1v) is 6.37. The molecule has 0 radical (unpaired) electrons. The molecule has 0 saturated heterocycles. The number of aryl methyl sites for hydroxylation is 1. The first kappa shape index (κ1) is 12.6. The molecule has 20 heavy (non-hydrogen) atoms. The molecule has 1 aromatic heterocycles. The van der Waals surface area contributed by atoms with Crippen molar-refractivity contribution in [3.8, 4) is 5.75 Å². The molecule has 102 valence electrons. The molecule has 3 aromatic rings. The fourth-order valence-corrected chi connectivity index (χ4v) is 2.23. The van der Waals surface area contributed by atoms with Crippen LogP contribution in [0.4, 0.5) is 0 Å². The molecule has 0 amide bonds. The summed E-state index contributed by atoms with van der Waals surface area (Å²) < 4.78 is 7.39. The van der Waals surface area contributed by atoms with Crippen LogP contribution in [0.5, 0.6) is 5.75 Å². The molecule has 5 heteroatoms. The normalized spacial score (nSPS) is 10.9. The van der Waals surface area contributed by atoms with Gasteiger partial charge < -0.3 is 9.84 Å². The van der Waals surface area contributed by atoms with E-state index in [1.807, 2.05) is 43.4 Å². The summed E-state index contributed by atoms with van der Waals surface area (Å²) in [7, 11) is 1.81. The van der Waals surface area contributed by atoms with E-state index in [0.717, 1.165) is 22.0 Å². The van der Waals surface area contributed by atoms with E-state index in [2.05, 4.69) is 10.3 Å². The smallest absolute Gasteiger partial charge is 0.134 e. The first-order valence-electron chi connectivity index (χ1n) is 6.37. The van der Waals surface area contributed by atoms with Crippen molar-refractivity contribution in [1.29, 1.82) is 0 Å². The van der Waals surface area contributed by atoms with E-state index >= 15 is 0 Å². The number of aliphatic hydroxyl groups excluding tert-OH is 1. The van der Waals surface area contributed by atoms with Crippen LogP contribution >= 0.6 is 0 Å². The Morgan fingerprint density at radius 2 is 2.05 bits per heavy atom. The second kappa shape index (κ2) is 5.30. The van der Waals surface area contributed by atoms with Gasteiger partial charge in [-0.1, -0.05) is 35.5 Å². The average molecular weight is 269 g/mol. The summed E-state index contributed by atoms with van der Waals surface area (Å²) in [5.41, 5.74) is 1.55. The van der Waals surface area contributed by atoms with E-state index in [9.17, 15) is 5.11 Å². The van der Waals surface area contributed by atoms with Crippen LogP contribution in [-0.2, 0) is 20.3 Å². The molecule has 0 fully saturated rings. The van der Waals surface area contributed by atoms with Crippen molar-refractivity contribution >= 4 is 10.8 Å². The third kappa shape index (κ3) is 2.35. The zero-order valence-corrected chi connectivity index (χ0v) is 11.2. The number of fused-ring (bicyclic) bond motifs is 1. The lowest BCUT2D eigenvalue weighted by Gasteiger charge is -2.11. The van der Waals surface area contributed by atoms with Gasteiger partial charge in [-0.15, -0.1) is 5.10 Å². The molecule has 0 saturated carbocycles. The summed E-state index contributed by atoms with van der Waals surface area (Å²) in [6.45, 7) is 0.274. The largest absolute Gasteiger partial charge is 0.487 e. The van der Waals surface area contributed by atoms with Gasteiger partial charge in [-0.25, -0.2) is 0 Å². The van der Waals surface area contributed by atoms with Crippen molar-refractivity contribution < 1.29 is 9.84 Å². The van der Waals surface area contributed by atoms with Crippen molar-refractivity contribution in [2.75, 3.05) is 0 Å². The Balaban J connectivity index is 1.91. The van der Waals surface area contributed by atoms with Gasteiger partial charge in [0, 0.05) is 12.6 Å². The summed E-state index contributed by atoms with van der Waals surface area (Å²) >= 11 is 0. The summed E-state index contributed by atoms with van der Waals surface area (Å²) in [5.74, 6) is 0.678. The van der Waals surface area contributed by atoms with Gasteiger partial charge in [-0.3, -0.25) is 4.68 Å². The Labute approximate surface area is 116 Å². The zero-order chi connectivity index (χ0) is 13.9. The second-order valence-corrected chi connectivity index (χ2v) is 4.59. The predicted octanol–water partition coefficient (Wildman–Crippen LogP) is 2.04. The maximum absolute atomic E-state index is 9.61. The fraction of sp³-hybridized carbons (Fsp3) is 0.200. The van der Waals surface area contributed by atoms with E-state index in [4.69, 9.17) is 4.74 Å². The molecule has 1 N–H and O–H groups in total. The Morgan fingerprint density at radius 1 is 1.20 bits per heavy atom. The maximum Gasteiger partial charge on any atom is 0.134 e. The SMILES string of the molecule is Cn1cc(COc2ccc3ccccc3c2CO)nn1. The highest BCUT2D eigenvalue weighted by Crippen LogP contribution is 2.28. The van der Waals surface area contributed by atoms with E-state index < -0.39 is 0 Å². The number of hydrogen-bond donors (Lipinski definition) is 1. The minimum atomic E-state index is -0.0584. The van der Waals surface area contributed by atoms with E-state index in [1.165, 1.54) is 0 Å². The molecule has 0 atom stereocenters. The van der Waals surface area contributed by atoms with Gasteiger partial charge in [0.05, 0.1) is 12.8 Å². The van der Waals surface area contributed by atoms with E-state index in [-0.39, 0.29) is 6.61 Å². The van der Waals surface area contributed by atoms with Crippen molar-refractivity contribution in [3.05, 3.63) is 53.9 Å². The molecule has 2 aromatic carbocycles. The summed E-state index contributed by atoms with van der Waals surface area (Å²) in [6, 6.07) is 11.8. The molecule has 0 spiro atoms. The van der Waals surface area contributed by atoms with Crippen LogP contribution in [0, 0.1) is 0 Å². The molecule has 0 bridgehead atoms. The number of hydrogen-bond acceptors (Lipinski definition) is 4. The fourth-order valence-electron chi connectivity index (χ4n) is 2.23. The highest BCUT2D eigenvalue weighted by Gasteiger charge is 2.09. The van der Waals surface area contributed by atoms with Crippen LogP contribution in [0.15, 0.2) is 42.6 Å². The Bertz CT molecular complexity index is 737. The van der Waals surface area contributed by atoms with Crippen LogP contribution in [0.3, 0.4) is 0 Å². The monoisotopic (exact) mass is 269 g/mol. The quantitative estimate of drug-likeness (QED) is 0.787. The molecule has 0 aliphatic carbocycles. The van der Waals surface area contributed by atoms with Gasteiger partial charge in [0.2, 0.25) is 0 Å². The van der Waals surface area contributed by atoms with Gasteiger partial charge in [-0.2, -0.15) is 0 Å². The molecule has 3 rings (SSSR count). The first-order chi connectivity index (χ1) is 9.78. The predicted molar refractivity (Wildman–Crippen MR) is 75.2 cm³/mol. The maximum atomic E-state index is 9.61. The third-order valence-corrected chi connectivity index (χ3v) is 3.18. The topological polar surface area (TPSA) is 60.2 Å². The van der Waals surface area contributed by atoms with Crippen molar-refractivity contribution in [3.63, 3.8) is 0 Å².